The Hall–Kier alpha value is -2.84. The second kappa shape index (κ2) is 22.6. The molecule has 7 nitrogen and oxygen atoms in total. The first-order valence-electron chi connectivity index (χ1n) is 15.1. The molecular formula is C35H52Cl2N2O5. The topological polar surface area (TPSA) is 70.2 Å². The normalized spacial score (nSPS) is 10.4. The Labute approximate surface area is 277 Å². The summed E-state index contributed by atoms with van der Waals surface area (Å²) in [6, 6.07) is 18.5. The molecule has 0 atom stereocenters. The maximum absolute atomic E-state index is 5.80. The molecule has 3 aromatic carbocycles. The van der Waals surface area contributed by atoms with Gasteiger partial charge in [-0.2, -0.15) is 0 Å². The smallest absolute Gasteiger partial charge is 0.164 e. The van der Waals surface area contributed by atoms with Crippen LogP contribution in [-0.4, -0.2) is 61.7 Å². The van der Waals surface area contributed by atoms with E-state index >= 15 is 0 Å². The zero-order valence-corrected chi connectivity index (χ0v) is 28.7. The van der Waals surface area contributed by atoms with Gasteiger partial charge in [0.25, 0.3) is 0 Å². The largest absolute Gasteiger partial charge is 0.497 e. The van der Waals surface area contributed by atoms with E-state index in [1.165, 1.54) is 47.9 Å². The third kappa shape index (κ3) is 12.3. The van der Waals surface area contributed by atoms with Crippen molar-refractivity contribution in [3.8, 4) is 28.7 Å². The minimum absolute atomic E-state index is 0. The van der Waals surface area contributed by atoms with E-state index in [2.05, 4.69) is 34.9 Å². The van der Waals surface area contributed by atoms with Crippen LogP contribution in [0.4, 0.5) is 0 Å². The van der Waals surface area contributed by atoms with Gasteiger partial charge in [-0.1, -0.05) is 43.2 Å². The highest BCUT2D eigenvalue weighted by Crippen LogP contribution is 2.35. The number of hydrogen-bond acceptors (Lipinski definition) is 7. The Morgan fingerprint density at radius 1 is 0.500 bits per heavy atom. The summed E-state index contributed by atoms with van der Waals surface area (Å²) in [6.07, 6.45) is 8.52. The lowest BCUT2D eigenvalue weighted by atomic mass is 9.96. The number of ether oxygens (including phenoxy) is 5. The minimum Gasteiger partial charge on any atom is -0.497 e. The van der Waals surface area contributed by atoms with Crippen LogP contribution < -0.4 is 34.3 Å². The van der Waals surface area contributed by atoms with Crippen LogP contribution in [-0.2, 0) is 25.7 Å². The van der Waals surface area contributed by atoms with Gasteiger partial charge in [0.05, 0.1) is 35.5 Å². The maximum atomic E-state index is 5.80. The molecule has 0 unspecified atom stereocenters. The van der Waals surface area contributed by atoms with E-state index < -0.39 is 0 Å². The first-order chi connectivity index (χ1) is 20.6. The van der Waals surface area contributed by atoms with Crippen LogP contribution in [0.3, 0.4) is 0 Å². The fraction of sp³-hybridized carbons (Fsp3) is 0.486. The molecule has 3 aromatic rings. The van der Waals surface area contributed by atoms with Crippen molar-refractivity contribution in [1.29, 1.82) is 0 Å². The van der Waals surface area contributed by atoms with Gasteiger partial charge in [0, 0.05) is 5.56 Å². The summed E-state index contributed by atoms with van der Waals surface area (Å²) >= 11 is 0. The van der Waals surface area contributed by atoms with Crippen molar-refractivity contribution in [3.05, 3.63) is 76.9 Å². The molecule has 2 N–H and O–H groups in total. The highest BCUT2D eigenvalue weighted by atomic mass is 35.5. The molecule has 0 spiro atoms. The van der Waals surface area contributed by atoms with Crippen LogP contribution in [0.1, 0.15) is 47.9 Å². The van der Waals surface area contributed by atoms with E-state index in [0.29, 0.717) is 0 Å². The Balaban J connectivity index is 0.00000484. The molecule has 0 saturated carbocycles. The van der Waals surface area contributed by atoms with Gasteiger partial charge in [-0.15, -0.1) is 24.8 Å². The van der Waals surface area contributed by atoms with Crippen molar-refractivity contribution in [3.63, 3.8) is 0 Å². The molecule has 0 amide bonds. The number of nitrogens with one attached hydrogen (secondary N) is 2. The molecule has 246 valence electrons. The van der Waals surface area contributed by atoms with Gasteiger partial charge in [0.2, 0.25) is 0 Å². The number of hydrogen-bond donors (Lipinski definition) is 2. The zero-order valence-electron chi connectivity index (χ0n) is 27.0. The SMILES string of the molecule is COc1cccc(CCc2c(CCNCCCCCCNCCc3cccc(OC)c3OC)ccc(OC)c2OC)c1.Cl.Cl. The van der Waals surface area contributed by atoms with Crippen LogP contribution in [0.25, 0.3) is 0 Å². The molecule has 9 heteroatoms. The van der Waals surface area contributed by atoms with Gasteiger partial charge in [0.1, 0.15) is 5.75 Å². The molecule has 0 saturated heterocycles. The third-order valence-corrected chi connectivity index (χ3v) is 7.63. The quantitative estimate of drug-likeness (QED) is 0.122. The number of methoxy groups -OCH3 is 5. The Kier molecular flexibility index (Phi) is 20.2. The van der Waals surface area contributed by atoms with E-state index in [0.717, 1.165) is 80.6 Å². The summed E-state index contributed by atoms with van der Waals surface area (Å²) in [5.41, 5.74) is 4.95. The van der Waals surface area contributed by atoms with Gasteiger partial charge in [0.15, 0.2) is 23.0 Å². The molecular weight excluding hydrogens is 599 g/mol. The van der Waals surface area contributed by atoms with E-state index in [9.17, 15) is 0 Å². The average Bonchev–Trinajstić information content (AvgIpc) is 3.03. The Morgan fingerprint density at radius 3 is 1.73 bits per heavy atom. The van der Waals surface area contributed by atoms with Gasteiger partial charge < -0.3 is 34.3 Å². The average molecular weight is 652 g/mol. The molecule has 3 rings (SSSR count). The molecule has 0 aromatic heterocycles. The molecule has 0 fully saturated rings. The van der Waals surface area contributed by atoms with Gasteiger partial charge >= 0.3 is 0 Å². The summed E-state index contributed by atoms with van der Waals surface area (Å²) in [4.78, 5) is 0. The predicted octanol–water partition coefficient (Wildman–Crippen LogP) is 6.88. The molecule has 44 heavy (non-hydrogen) atoms. The zero-order chi connectivity index (χ0) is 30.0. The van der Waals surface area contributed by atoms with E-state index in [-0.39, 0.29) is 24.8 Å². The van der Waals surface area contributed by atoms with Gasteiger partial charge in [-0.25, -0.2) is 0 Å². The summed E-state index contributed by atoms with van der Waals surface area (Å²) in [5.74, 6) is 4.14. The van der Waals surface area contributed by atoms with Crippen molar-refractivity contribution in [2.24, 2.45) is 0 Å². The van der Waals surface area contributed by atoms with Crippen LogP contribution in [0.15, 0.2) is 54.6 Å². The molecule has 0 radical (unpaired) electrons. The third-order valence-electron chi connectivity index (χ3n) is 7.63. The second-order valence-corrected chi connectivity index (χ2v) is 10.4. The molecule has 0 aliphatic rings. The lowest BCUT2D eigenvalue weighted by Crippen LogP contribution is -2.20. The first kappa shape index (κ1) is 39.2. The van der Waals surface area contributed by atoms with Crippen molar-refractivity contribution in [1.82, 2.24) is 10.6 Å². The van der Waals surface area contributed by atoms with Crippen LogP contribution in [0, 0.1) is 0 Å². The second-order valence-electron chi connectivity index (χ2n) is 10.4. The van der Waals surface area contributed by atoms with Crippen LogP contribution in [0.5, 0.6) is 28.7 Å². The van der Waals surface area contributed by atoms with Crippen molar-refractivity contribution >= 4 is 24.8 Å². The number of unbranched alkanes of at least 4 members (excludes halogenated alkanes) is 3. The molecule has 0 bridgehead atoms. The fourth-order valence-corrected chi connectivity index (χ4v) is 5.34. The summed E-state index contributed by atoms with van der Waals surface area (Å²) in [6.45, 7) is 3.95. The molecule has 0 aliphatic heterocycles. The number of benzene rings is 3. The van der Waals surface area contributed by atoms with Crippen LogP contribution >= 0.6 is 24.8 Å². The first-order valence-corrected chi connectivity index (χ1v) is 15.1. The van der Waals surface area contributed by atoms with Crippen molar-refractivity contribution < 1.29 is 23.7 Å². The minimum atomic E-state index is 0. The number of para-hydroxylation sites is 1. The van der Waals surface area contributed by atoms with E-state index in [4.69, 9.17) is 23.7 Å². The Morgan fingerprint density at radius 2 is 1.11 bits per heavy atom. The van der Waals surface area contributed by atoms with Crippen LogP contribution in [0.2, 0.25) is 0 Å². The van der Waals surface area contributed by atoms with Crippen molar-refractivity contribution in [2.45, 2.75) is 51.4 Å². The highest BCUT2D eigenvalue weighted by molar-refractivity contribution is 5.85. The summed E-state index contributed by atoms with van der Waals surface area (Å²) < 4.78 is 27.7. The number of halogens is 2. The standard InChI is InChI=1S/C35H50N2O5.2ClH/c1-38-30-14-10-12-27(26-30)16-18-31-28(17-19-33(40-3)35(31)42-5)20-24-36-22-8-6-7-9-23-37-25-21-29-13-11-15-32(39-2)34(29)41-4;;/h10-15,17,19,26,36-37H,6-9,16,18,20-25H2,1-5H3;2*1H. The van der Waals surface area contributed by atoms with E-state index in [1.54, 1.807) is 35.5 Å². The van der Waals surface area contributed by atoms with E-state index in [1.807, 2.05) is 30.3 Å². The molecule has 0 aliphatic carbocycles. The monoisotopic (exact) mass is 650 g/mol. The molecule has 0 heterocycles. The Bertz CT molecular complexity index is 1210. The highest BCUT2D eigenvalue weighted by Gasteiger charge is 2.15. The van der Waals surface area contributed by atoms with Gasteiger partial charge in [-0.3, -0.25) is 0 Å². The predicted molar refractivity (Wildman–Crippen MR) is 186 cm³/mol. The lowest BCUT2D eigenvalue weighted by molar-refractivity contribution is 0.351. The maximum Gasteiger partial charge on any atom is 0.164 e. The fourth-order valence-electron chi connectivity index (χ4n) is 5.34. The number of aryl methyl sites for hydroxylation is 1. The van der Waals surface area contributed by atoms with Gasteiger partial charge in [-0.05, 0) is 106 Å². The number of rotatable bonds is 21. The lowest BCUT2D eigenvalue weighted by Gasteiger charge is -2.17. The summed E-state index contributed by atoms with van der Waals surface area (Å²) in [7, 11) is 8.50. The van der Waals surface area contributed by atoms with Crippen molar-refractivity contribution in [2.75, 3.05) is 61.7 Å². The summed E-state index contributed by atoms with van der Waals surface area (Å²) in [5, 5.41) is 7.20.